The van der Waals surface area contributed by atoms with Crippen molar-refractivity contribution in [2.45, 2.75) is 13.0 Å². The van der Waals surface area contributed by atoms with Crippen molar-refractivity contribution in [3.05, 3.63) is 41.9 Å². The van der Waals surface area contributed by atoms with Gasteiger partial charge in [-0.15, -0.1) is 0 Å². The SMILES string of the molecule is Cc1cccc(-c2cnc(C(N)CO)[nH]2)c1. The molecule has 1 atom stereocenters. The van der Waals surface area contributed by atoms with Crippen molar-refractivity contribution in [3.63, 3.8) is 0 Å². The van der Waals surface area contributed by atoms with Crippen LogP contribution < -0.4 is 5.73 Å². The van der Waals surface area contributed by atoms with Crippen LogP contribution >= 0.6 is 0 Å². The predicted molar refractivity (Wildman–Crippen MR) is 62.8 cm³/mol. The molecule has 0 saturated carbocycles. The van der Waals surface area contributed by atoms with Gasteiger partial charge in [-0.1, -0.05) is 23.8 Å². The Balaban J connectivity index is 2.31. The third-order valence-electron chi connectivity index (χ3n) is 2.47. The second-order valence-corrected chi connectivity index (χ2v) is 3.84. The van der Waals surface area contributed by atoms with E-state index in [9.17, 15) is 0 Å². The van der Waals surface area contributed by atoms with Crippen LogP contribution in [0.3, 0.4) is 0 Å². The highest BCUT2D eigenvalue weighted by Crippen LogP contribution is 2.19. The van der Waals surface area contributed by atoms with E-state index in [2.05, 4.69) is 16.0 Å². The number of nitrogens with two attached hydrogens (primary N) is 1. The number of aromatic nitrogens is 2. The molecule has 84 valence electrons. The molecule has 0 spiro atoms. The first-order valence-corrected chi connectivity index (χ1v) is 5.19. The minimum absolute atomic E-state index is 0.110. The maximum atomic E-state index is 8.93. The molecule has 4 nitrogen and oxygen atoms in total. The van der Waals surface area contributed by atoms with Gasteiger partial charge >= 0.3 is 0 Å². The number of aryl methyl sites for hydroxylation is 1. The van der Waals surface area contributed by atoms with Crippen LogP contribution in [0.15, 0.2) is 30.5 Å². The third kappa shape index (κ3) is 2.13. The van der Waals surface area contributed by atoms with E-state index in [1.165, 1.54) is 5.56 Å². The van der Waals surface area contributed by atoms with E-state index < -0.39 is 6.04 Å². The van der Waals surface area contributed by atoms with Crippen LogP contribution in [0, 0.1) is 6.92 Å². The summed E-state index contributed by atoms with van der Waals surface area (Å²) in [5, 5.41) is 8.93. The molecular formula is C12H15N3O. The number of nitrogens with zero attached hydrogens (tertiary/aromatic N) is 1. The standard InChI is InChI=1S/C12H15N3O/c1-8-3-2-4-9(5-8)11-6-14-12(15-11)10(13)7-16/h2-6,10,16H,7,13H2,1H3,(H,14,15). The van der Waals surface area contributed by atoms with Crippen LogP contribution in [0.4, 0.5) is 0 Å². The number of nitrogens with one attached hydrogen (secondary N) is 1. The summed E-state index contributed by atoms with van der Waals surface area (Å²) in [7, 11) is 0. The summed E-state index contributed by atoms with van der Waals surface area (Å²) in [6.07, 6.45) is 1.74. The zero-order valence-corrected chi connectivity index (χ0v) is 9.14. The Morgan fingerprint density at radius 3 is 3.00 bits per heavy atom. The molecule has 0 bridgehead atoms. The first-order chi connectivity index (χ1) is 7.70. The van der Waals surface area contributed by atoms with Crippen LogP contribution in [0.2, 0.25) is 0 Å². The van der Waals surface area contributed by atoms with Crippen LogP contribution in [0.25, 0.3) is 11.3 Å². The second kappa shape index (κ2) is 4.47. The lowest BCUT2D eigenvalue weighted by Crippen LogP contribution is -2.15. The molecule has 1 unspecified atom stereocenters. The second-order valence-electron chi connectivity index (χ2n) is 3.84. The van der Waals surface area contributed by atoms with Gasteiger partial charge in [0.25, 0.3) is 0 Å². The molecule has 0 saturated heterocycles. The highest BCUT2D eigenvalue weighted by Gasteiger charge is 2.09. The fourth-order valence-electron chi connectivity index (χ4n) is 1.57. The summed E-state index contributed by atoms with van der Waals surface area (Å²) in [6, 6.07) is 7.67. The minimum Gasteiger partial charge on any atom is -0.394 e. The highest BCUT2D eigenvalue weighted by atomic mass is 16.3. The smallest absolute Gasteiger partial charge is 0.125 e. The summed E-state index contributed by atoms with van der Waals surface area (Å²) in [5.74, 6) is 0.610. The molecule has 0 fully saturated rings. The number of imidazole rings is 1. The number of benzene rings is 1. The lowest BCUT2D eigenvalue weighted by atomic mass is 10.1. The Morgan fingerprint density at radius 1 is 1.50 bits per heavy atom. The van der Waals surface area contributed by atoms with Crippen LogP contribution in [-0.2, 0) is 0 Å². The number of aliphatic hydroxyl groups is 1. The first kappa shape index (κ1) is 10.9. The number of aromatic amines is 1. The summed E-state index contributed by atoms with van der Waals surface area (Å²) >= 11 is 0. The Hall–Kier alpha value is -1.65. The molecule has 4 N–H and O–H groups in total. The molecule has 4 heteroatoms. The third-order valence-corrected chi connectivity index (χ3v) is 2.47. The Bertz CT molecular complexity index is 479. The molecule has 0 radical (unpaired) electrons. The Labute approximate surface area is 94.1 Å². The summed E-state index contributed by atoms with van der Waals surface area (Å²) < 4.78 is 0. The van der Waals surface area contributed by atoms with Gasteiger partial charge in [-0.3, -0.25) is 0 Å². The number of aliphatic hydroxyl groups excluding tert-OH is 1. The zero-order valence-electron chi connectivity index (χ0n) is 9.14. The molecule has 1 aromatic heterocycles. The Kier molecular flexibility index (Phi) is 3.03. The molecule has 0 aliphatic heterocycles. The molecular weight excluding hydrogens is 202 g/mol. The van der Waals surface area contributed by atoms with E-state index in [1.54, 1.807) is 6.20 Å². The molecule has 2 aromatic rings. The molecule has 1 heterocycles. The van der Waals surface area contributed by atoms with Crippen LogP contribution in [0.1, 0.15) is 17.4 Å². The molecule has 0 aliphatic rings. The van der Waals surface area contributed by atoms with Crippen LogP contribution in [-0.4, -0.2) is 21.7 Å². The summed E-state index contributed by atoms with van der Waals surface area (Å²) in [6.45, 7) is 1.93. The number of rotatable bonds is 3. The van der Waals surface area contributed by atoms with Crippen LogP contribution in [0.5, 0.6) is 0 Å². The van der Waals surface area contributed by atoms with Crippen molar-refractivity contribution >= 4 is 0 Å². The van der Waals surface area contributed by atoms with Gasteiger partial charge in [-0.2, -0.15) is 0 Å². The van der Waals surface area contributed by atoms with E-state index in [0.29, 0.717) is 5.82 Å². The minimum atomic E-state index is -0.446. The molecule has 0 aliphatic carbocycles. The average Bonchev–Trinajstić information content (AvgIpc) is 2.77. The van der Waals surface area contributed by atoms with E-state index in [4.69, 9.17) is 10.8 Å². The zero-order chi connectivity index (χ0) is 11.5. The molecule has 2 rings (SSSR count). The number of hydrogen-bond acceptors (Lipinski definition) is 3. The van der Waals surface area contributed by atoms with E-state index in [1.807, 2.05) is 25.1 Å². The van der Waals surface area contributed by atoms with Crippen molar-refractivity contribution in [1.82, 2.24) is 9.97 Å². The molecule has 16 heavy (non-hydrogen) atoms. The number of hydrogen-bond donors (Lipinski definition) is 3. The molecule has 0 amide bonds. The van der Waals surface area contributed by atoms with Gasteiger partial charge in [-0.05, 0) is 18.6 Å². The maximum Gasteiger partial charge on any atom is 0.125 e. The van der Waals surface area contributed by atoms with Crippen molar-refractivity contribution in [2.75, 3.05) is 6.61 Å². The first-order valence-electron chi connectivity index (χ1n) is 5.19. The normalized spacial score (nSPS) is 12.7. The highest BCUT2D eigenvalue weighted by molar-refractivity contribution is 5.59. The van der Waals surface area contributed by atoms with Crippen molar-refractivity contribution < 1.29 is 5.11 Å². The number of H-pyrrole nitrogens is 1. The van der Waals surface area contributed by atoms with Crippen molar-refractivity contribution in [2.24, 2.45) is 5.73 Å². The monoisotopic (exact) mass is 217 g/mol. The Morgan fingerprint density at radius 2 is 2.31 bits per heavy atom. The topological polar surface area (TPSA) is 74.9 Å². The lowest BCUT2D eigenvalue weighted by Gasteiger charge is -2.03. The van der Waals surface area contributed by atoms with Gasteiger partial charge in [0.05, 0.1) is 24.5 Å². The van der Waals surface area contributed by atoms with E-state index in [0.717, 1.165) is 11.3 Å². The van der Waals surface area contributed by atoms with Gasteiger partial charge in [0.2, 0.25) is 0 Å². The fraction of sp³-hybridized carbons (Fsp3) is 0.250. The lowest BCUT2D eigenvalue weighted by molar-refractivity contribution is 0.264. The van der Waals surface area contributed by atoms with Gasteiger partial charge in [0.1, 0.15) is 5.82 Å². The van der Waals surface area contributed by atoms with Gasteiger partial charge in [0.15, 0.2) is 0 Å². The largest absolute Gasteiger partial charge is 0.394 e. The van der Waals surface area contributed by atoms with E-state index >= 15 is 0 Å². The predicted octanol–water partition coefficient (Wildman–Crippen LogP) is 1.38. The molecule has 1 aromatic carbocycles. The summed E-state index contributed by atoms with van der Waals surface area (Å²) in [4.78, 5) is 7.26. The fourth-order valence-corrected chi connectivity index (χ4v) is 1.57. The quantitative estimate of drug-likeness (QED) is 0.727. The average molecular weight is 217 g/mol. The maximum absolute atomic E-state index is 8.93. The van der Waals surface area contributed by atoms with Gasteiger partial charge < -0.3 is 15.8 Å². The van der Waals surface area contributed by atoms with Crippen molar-refractivity contribution in [1.29, 1.82) is 0 Å². The van der Waals surface area contributed by atoms with Gasteiger partial charge in [0, 0.05) is 0 Å². The van der Waals surface area contributed by atoms with Crippen molar-refractivity contribution in [3.8, 4) is 11.3 Å². The van der Waals surface area contributed by atoms with Gasteiger partial charge in [-0.25, -0.2) is 4.98 Å². The summed E-state index contributed by atoms with van der Waals surface area (Å²) in [5.41, 5.74) is 8.86. The van der Waals surface area contributed by atoms with E-state index in [-0.39, 0.29) is 6.61 Å².